The summed E-state index contributed by atoms with van der Waals surface area (Å²) < 4.78 is 5.25. The molecule has 1 amide bonds. The van der Waals surface area contributed by atoms with Crippen LogP contribution < -0.4 is 15.4 Å². The smallest absolute Gasteiger partial charge is 0.230 e. The van der Waals surface area contributed by atoms with E-state index in [4.69, 9.17) is 4.74 Å². The monoisotopic (exact) mass is 234 g/mol. The highest BCUT2D eigenvalue weighted by Gasteiger charge is 2.24. The Labute approximate surface area is 101 Å². The number of carbonyl (C=O) groups is 1. The SMILES string of the molecule is CCc1cc(NC(=O)C2CNC2)ccc1OC. The molecule has 0 radical (unpaired) electrons. The van der Waals surface area contributed by atoms with Gasteiger partial charge in [-0.1, -0.05) is 6.92 Å². The Bertz CT molecular complexity index is 414. The van der Waals surface area contributed by atoms with Crippen molar-refractivity contribution >= 4 is 11.6 Å². The van der Waals surface area contributed by atoms with Gasteiger partial charge in [-0.05, 0) is 30.2 Å². The lowest BCUT2D eigenvalue weighted by atomic mass is 10.0. The van der Waals surface area contributed by atoms with Gasteiger partial charge in [-0.3, -0.25) is 4.79 Å². The molecule has 0 saturated carbocycles. The van der Waals surface area contributed by atoms with Crippen LogP contribution in [0.25, 0.3) is 0 Å². The molecule has 2 N–H and O–H groups in total. The van der Waals surface area contributed by atoms with E-state index in [1.165, 1.54) is 0 Å². The highest BCUT2D eigenvalue weighted by Crippen LogP contribution is 2.23. The van der Waals surface area contributed by atoms with Crippen LogP contribution in [0.2, 0.25) is 0 Å². The normalized spacial score (nSPS) is 15.2. The van der Waals surface area contributed by atoms with Crippen LogP contribution in [0, 0.1) is 5.92 Å². The summed E-state index contributed by atoms with van der Waals surface area (Å²) >= 11 is 0. The van der Waals surface area contributed by atoms with Gasteiger partial charge < -0.3 is 15.4 Å². The fourth-order valence-corrected chi connectivity index (χ4v) is 1.85. The van der Waals surface area contributed by atoms with E-state index in [0.717, 1.165) is 36.5 Å². The molecule has 17 heavy (non-hydrogen) atoms. The summed E-state index contributed by atoms with van der Waals surface area (Å²) in [6.07, 6.45) is 0.887. The summed E-state index contributed by atoms with van der Waals surface area (Å²) in [5, 5.41) is 6.02. The lowest BCUT2D eigenvalue weighted by Crippen LogP contribution is -2.48. The molecule has 0 atom stereocenters. The van der Waals surface area contributed by atoms with Crippen LogP contribution >= 0.6 is 0 Å². The fourth-order valence-electron chi connectivity index (χ4n) is 1.85. The number of anilines is 1. The molecule has 1 heterocycles. The zero-order valence-electron chi connectivity index (χ0n) is 10.2. The average Bonchev–Trinajstić information content (AvgIpc) is 2.26. The van der Waals surface area contributed by atoms with Crippen molar-refractivity contribution in [3.05, 3.63) is 23.8 Å². The van der Waals surface area contributed by atoms with Crippen molar-refractivity contribution in [3.63, 3.8) is 0 Å². The first-order valence-electron chi connectivity index (χ1n) is 5.93. The summed E-state index contributed by atoms with van der Waals surface area (Å²) in [7, 11) is 1.66. The largest absolute Gasteiger partial charge is 0.496 e. The second-order valence-corrected chi connectivity index (χ2v) is 4.22. The molecule has 1 aliphatic heterocycles. The van der Waals surface area contributed by atoms with Gasteiger partial charge >= 0.3 is 0 Å². The maximum atomic E-state index is 11.8. The molecule has 2 rings (SSSR count). The molecule has 1 aromatic rings. The van der Waals surface area contributed by atoms with Gasteiger partial charge in [0.1, 0.15) is 5.75 Å². The number of ether oxygens (including phenoxy) is 1. The van der Waals surface area contributed by atoms with Crippen LogP contribution in [0.15, 0.2) is 18.2 Å². The van der Waals surface area contributed by atoms with E-state index in [1.807, 2.05) is 18.2 Å². The number of amides is 1. The Balaban J connectivity index is 2.07. The summed E-state index contributed by atoms with van der Waals surface area (Å²) in [5.74, 6) is 1.08. The van der Waals surface area contributed by atoms with Gasteiger partial charge in [0.15, 0.2) is 0 Å². The first-order chi connectivity index (χ1) is 8.24. The van der Waals surface area contributed by atoms with Crippen molar-refractivity contribution in [2.45, 2.75) is 13.3 Å². The lowest BCUT2D eigenvalue weighted by Gasteiger charge is -2.25. The molecule has 0 spiro atoms. The van der Waals surface area contributed by atoms with Gasteiger partial charge in [0.25, 0.3) is 0 Å². The zero-order valence-corrected chi connectivity index (χ0v) is 10.2. The number of methoxy groups -OCH3 is 1. The minimum Gasteiger partial charge on any atom is -0.496 e. The second-order valence-electron chi connectivity index (χ2n) is 4.22. The Morgan fingerprint density at radius 3 is 2.82 bits per heavy atom. The first-order valence-corrected chi connectivity index (χ1v) is 5.93. The van der Waals surface area contributed by atoms with E-state index in [0.29, 0.717) is 0 Å². The molecule has 1 fully saturated rings. The number of hydrogen-bond donors (Lipinski definition) is 2. The van der Waals surface area contributed by atoms with E-state index in [-0.39, 0.29) is 11.8 Å². The average molecular weight is 234 g/mol. The van der Waals surface area contributed by atoms with Crippen LogP contribution in [-0.4, -0.2) is 26.1 Å². The van der Waals surface area contributed by atoms with Crippen molar-refractivity contribution in [2.75, 3.05) is 25.5 Å². The second kappa shape index (κ2) is 5.19. The van der Waals surface area contributed by atoms with Crippen molar-refractivity contribution in [3.8, 4) is 5.75 Å². The third kappa shape index (κ3) is 2.58. The molecule has 1 aromatic carbocycles. The van der Waals surface area contributed by atoms with Crippen LogP contribution in [0.4, 0.5) is 5.69 Å². The highest BCUT2D eigenvalue weighted by atomic mass is 16.5. The number of rotatable bonds is 4. The standard InChI is InChI=1S/C13H18N2O2/c1-3-9-6-11(4-5-12(9)17-2)15-13(16)10-7-14-8-10/h4-6,10,14H,3,7-8H2,1-2H3,(H,15,16). The van der Waals surface area contributed by atoms with E-state index in [9.17, 15) is 4.79 Å². The van der Waals surface area contributed by atoms with Gasteiger partial charge in [0.05, 0.1) is 13.0 Å². The number of benzene rings is 1. The van der Waals surface area contributed by atoms with Crippen LogP contribution in [0.5, 0.6) is 5.75 Å². The maximum Gasteiger partial charge on any atom is 0.230 e. The third-order valence-electron chi connectivity index (χ3n) is 3.08. The van der Waals surface area contributed by atoms with Gasteiger partial charge in [-0.25, -0.2) is 0 Å². The van der Waals surface area contributed by atoms with E-state index in [1.54, 1.807) is 7.11 Å². The summed E-state index contributed by atoms with van der Waals surface area (Å²) in [4.78, 5) is 11.8. The summed E-state index contributed by atoms with van der Waals surface area (Å²) in [6, 6.07) is 5.75. The minimum absolute atomic E-state index is 0.0935. The Morgan fingerprint density at radius 1 is 1.53 bits per heavy atom. The molecule has 4 nitrogen and oxygen atoms in total. The van der Waals surface area contributed by atoms with Gasteiger partial charge in [-0.2, -0.15) is 0 Å². The Hall–Kier alpha value is -1.55. The molecule has 1 aliphatic rings. The number of nitrogens with one attached hydrogen (secondary N) is 2. The van der Waals surface area contributed by atoms with Crippen molar-refractivity contribution in [1.82, 2.24) is 5.32 Å². The summed E-state index contributed by atoms with van der Waals surface area (Å²) in [5.41, 5.74) is 1.96. The first kappa shape index (κ1) is 11.9. The van der Waals surface area contributed by atoms with Crippen LogP contribution in [0.3, 0.4) is 0 Å². The van der Waals surface area contributed by atoms with Crippen molar-refractivity contribution < 1.29 is 9.53 Å². The van der Waals surface area contributed by atoms with E-state index < -0.39 is 0 Å². The molecule has 0 aromatic heterocycles. The molecular weight excluding hydrogens is 216 g/mol. The lowest BCUT2D eigenvalue weighted by molar-refractivity contribution is -0.121. The molecule has 92 valence electrons. The quantitative estimate of drug-likeness (QED) is 0.828. The fraction of sp³-hybridized carbons (Fsp3) is 0.462. The summed E-state index contributed by atoms with van der Waals surface area (Å²) in [6.45, 7) is 3.63. The maximum absolute atomic E-state index is 11.8. The topological polar surface area (TPSA) is 50.4 Å². The minimum atomic E-state index is 0.0935. The number of carbonyl (C=O) groups excluding carboxylic acids is 1. The van der Waals surface area contributed by atoms with Gasteiger partial charge in [0, 0.05) is 18.8 Å². The highest BCUT2D eigenvalue weighted by molar-refractivity contribution is 5.93. The molecule has 1 saturated heterocycles. The predicted octanol–water partition coefficient (Wildman–Crippen LogP) is 1.42. The molecule has 0 bridgehead atoms. The van der Waals surface area contributed by atoms with Crippen LogP contribution in [-0.2, 0) is 11.2 Å². The van der Waals surface area contributed by atoms with Gasteiger partial charge in [0.2, 0.25) is 5.91 Å². The van der Waals surface area contributed by atoms with Crippen LogP contribution in [0.1, 0.15) is 12.5 Å². The number of aryl methyl sites for hydroxylation is 1. The van der Waals surface area contributed by atoms with E-state index in [2.05, 4.69) is 17.6 Å². The van der Waals surface area contributed by atoms with Crippen molar-refractivity contribution in [1.29, 1.82) is 0 Å². The Morgan fingerprint density at radius 2 is 2.29 bits per heavy atom. The van der Waals surface area contributed by atoms with E-state index >= 15 is 0 Å². The van der Waals surface area contributed by atoms with Crippen molar-refractivity contribution in [2.24, 2.45) is 5.92 Å². The third-order valence-corrected chi connectivity index (χ3v) is 3.08. The molecule has 0 unspecified atom stereocenters. The number of hydrogen-bond acceptors (Lipinski definition) is 3. The Kier molecular flexibility index (Phi) is 3.64. The predicted molar refractivity (Wildman–Crippen MR) is 67.4 cm³/mol. The molecule has 4 heteroatoms. The zero-order chi connectivity index (χ0) is 12.3. The molecule has 0 aliphatic carbocycles. The molecular formula is C13H18N2O2. The van der Waals surface area contributed by atoms with Gasteiger partial charge in [-0.15, -0.1) is 0 Å².